The molecule has 1 atom stereocenters. The van der Waals surface area contributed by atoms with Gasteiger partial charge in [-0.2, -0.15) is 0 Å². The Labute approximate surface area is 162 Å². The van der Waals surface area contributed by atoms with Crippen LogP contribution >= 0.6 is 0 Å². The molecule has 0 aromatic heterocycles. The van der Waals surface area contributed by atoms with Crippen molar-refractivity contribution in [1.29, 1.82) is 0 Å². The molecule has 0 saturated heterocycles. The Kier molecular flexibility index (Phi) is 7.38. The number of nitrogens with one attached hydrogen (secondary N) is 1. The number of methoxy groups -OCH3 is 1. The Bertz CT molecular complexity index is 839. The average molecular weight is 385 g/mol. The summed E-state index contributed by atoms with van der Waals surface area (Å²) in [5.74, 6) is -0.944. The quantitative estimate of drug-likeness (QED) is 0.360. The first-order valence-corrected chi connectivity index (χ1v) is 8.64. The molecule has 1 amide bonds. The molecule has 0 aliphatic heterocycles. The van der Waals surface area contributed by atoms with Crippen molar-refractivity contribution in [2.24, 2.45) is 0 Å². The van der Waals surface area contributed by atoms with Gasteiger partial charge in [-0.15, -0.1) is 0 Å². The molecule has 148 valence electrons. The lowest BCUT2D eigenvalue weighted by Crippen LogP contribution is -2.42. The van der Waals surface area contributed by atoms with E-state index in [1.165, 1.54) is 19.2 Å². The van der Waals surface area contributed by atoms with Crippen LogP contribution in [-0.4, -0.2) is 31.0 Å². The lowest BCUT2D eigenvalue weighted by atomic mass is 10.0. The van der Waals surface area contributed by atoms with Gasteiger partial charge < -0.3 is 26.3 Å². The number of hydrogen-bond acceptors (Lipinski definition) is 7. The van der Waals surface area contributed by atoms with E-state index >= 15 is 0 Å². The molecule has 8 heteroatoms. The van der Waals surface area contributed by atoms with E-state index in [-0.39, 0.29) is 30.9 Å². The standard InChI is InChI=1S/C20H23N3O5/c1-27-19(25)17(23-20(26)28-12-13-5-3-2-4-6-13)9-10-18(24)15-8-7-14(21)11-16(15)22/h2-8,11,17H,9-10,12,21-22H2,1H3,(H,23,26). The van der Waals surface area contributed by atoms with Crippen LogP contribution in [0.3, 0.4) is 0 Å². The van der Waals surface area contributed by atoms with E-state index in [9.17, 15) is 14.4 Å². The van der Waals surface area contributed by atoms with Gasteiger partial charge in [0.15, 0.2) is 5.78 Å². The zero-order chi connectivity index (χ0) is 20.5. The largest absolute Gasteiger partial charge is 0.467 e. The zero-order valence-corrected chi connectivity index (χ0v) is 15.5. The minimum atomic E-state index is -1.02. The number of nitrogen functional groups attached to an aromatic ring is 2. The summed E-state index contributed by atoms with van der Waals surface area (Å²) >= 11 is 0. The van der Waals surface area contributed by atoms with Crippen LogP contribution in [0.4, 0.5) is 16.2 Å². The maximum absolute atomic E-state index is 12.4. The lowest BCUT2D eigenvalue weighted by Gasteiger charge is -2.16. The number of ether oxygens (including phenoxy) is 2. The van der Waals surface area contributed by atoms with Crippen molar-refractivity contribution in [3.05, 3.63) is 59.7 Å². The SMILES string of the molecule is COC(=O)C(CCC(=O)c1ccc(N)cc1N)NC(=O)OCc1ccccc1. The molecule has 0 heterocycles. The molecule has 5 N–H and O–H groups in total. The second-order valence-corrected chi connectivity index (χ2v) is 6.09. The highest BCUT2D eigenvalue weighted by molar-refractivity contribution is 6.01. The first-order chi connectivity index (χ1) is 13.4. The van der Waals surface area contributed by atoms with E-state index in [2.05, 4.69) is 5.32 Å². The molecule has 8 nitrogen and oxygen atoms in total. The number of carbonyl (C=O) groups excluding carboxylic acids is 3. The average Bonchev–Trinajstić information content (AvgIpc) is 2.69. The van der Waals surface area contributed by atoms with Crippen molar-refractivity contribution in [2.75, 3.05) is 18.6 Å². The fraction of sp³-hybridized carbons (Fsp3) is 0.250. The van der Waals surface area contributed by atoms with Gasteiger partial charge in [-0.05, 0) is 30.2 Å². The van der Waals surface area contributed by atoms with Crippen molar-refractivity contribution < 1.29 is 23.9 Å². The number of Topliss-reactive ketones (excluding diaryl/α,β-unsaturated/α-hetero) is 1. The minimum Gasteiger partial charge on any atom is -0.467 e. The summed E-state index contributed by atoms with van der Waals surface area (Å²) in [6, 6.07) is 12.7. The van der Waals surface area contributed by atoms with Crippen molar-refractivity contribution in [3.8, 4) is 0 Å². The molecule has 2 aromatic carbocycles. The molecular formula is C20H23N3O5. The van der Waals surface area contributed by atoms with Gasteiger partial charge in [0.2, 0.25) is 0 Å². The van der Waals surface area contributed by atoms with Gasteiger partial charge in [-0.1, -0.05) is 30.3 Å². The highest BCUT2D eigenvalue weighted by atomic mass is 16.6. The molecule has 0 aliphatic rings. The van der Waals surface area contributed by atoms with E-state index in [0.29, 0.717) is 11.3 Å². The topological polar surface area (TPSA) is 134 Å². The number of nitrogens with two attached hydrogens (primary N) is 2. The van der Waals surface area contributed by atoms with Gasteiger partial charge in [0.1, 0.15) is 12.6 Å². The van der Waals surface area contributed by atoms with E-state index in [1.54, 1.807) is 18.2 Å². The summed E-state index contributed by atoms with van der Waals surface area (Å²) in [7, 11) is 1.20. The van der Waals surface area contributed by atoms with E-state index in [4.69, 9.17) is 20.9 Å². The third-order valence-corrected chi connectivity index (χ3v) is 4.03. The number of anilines is 2. The van der Waals surface area contributed by atoms with Gasteiger partial charge in [0.25, 0.3) is 0 Å². The van der Waals surface area contributed by atoms with E-state index < -0.39 is 18.1 Å². The van der Waals surface area contributed by atoms with E-state index in [0.717, 1.165) is 5.56 Å². The third-order valence-electron chi connectivity index (χ3n) is 4.03. The van der Waals surface area contributed by atoms with Crippen LogP contribution in [0.25, 0.3) is 0 Å². The second-order valence-electron chi connectivity index (χ2n) is 6.09. The summed E-state index contributed by atoms with van der Waals surface area (Å²) in [5, 5.41) is 2.43. The van der Waals surface area contributed by atoms with Gasteiger partial charge in [-0.3, -0.25) is 4.79 Å². The lowest BCUT2D eigenvalue weighted by molar-refractivity contribution is -0.143. The minimum absolute atomic E-state index is 0.0210. The fourth-order valence-electron chi connectivity index (χ4n) is 2.54. The number of hydrogen-bond donors (Lipinski definition) is 3. The predicted molar refractivity (Wildman–Crippen MR) is 104 cm³/mol. The number of alkyl carbamates (subject to hydrolysis) is 1. The number of carbonyl (C=O) groups is 3. The Morgan fingerprint density at radius 3 is 2.43 bits per heavy atom. The molecule has 0 saturated carbocycles. The van der Waals surface area contributed by atoms with Gasteiger partial charge in [0, 0.05) is 23.4 Å². The molecule has 0 aliphatic carbocycles. The maximum Gasteiger partial charge on any atom is 0.408 e. The smallest absolute Gasteiger partial charge is 0.408 e. The summed E-state index contributed by atoms with van der Waals surface area (Å²) in [4.78, 5) is 36.3. The number of benzene rings is 2. The Morgan fingerprint density at radius 2 is 1.79 bits per heavy atom. The van der Waals surface area contributed by atoms with Crippen molar-refractivity contribution in [1.82, 2.24) is 5.32 Å². The van der Waals surface area contributed by atoms with E-state index in [1.807, 2.05) is 18.2 Å². The van der Waals surface area contributed by atoms with Crippen LogP contribution in [0.15, 0.2) is 48.5 Å². The Morgan fingerprint density at radius 1 is 1.07 bits per heavy atom. The van der Waals surface area contributed by atoms with Crippen LogP contribution in [0.1, 0.15) is 28.8 Å². The molecule has 1 unspecified atom stereocenters. The van der Waals surface area contributed by atoms with Crippen molar-refractivity contribution in [2.45, 2.75) is 25.5 Å². The van der Waals surface area contributed by atoms with Crippen LogP contribution in [-0.2, 0) is 20.9 Å². The Hall–Kier alpha value is -3.55. The number of amides is 1. The number of rotatable bonds is 8. The van der Waals surface area contributed by atoms with Crippen LogP contribution in [0.5, 0.6) is 0 Å². The zero-order valence-electron chi connectivity index (χ0n) is 15.5. The summed E-state index contributed by atoms with van der Waals surface area (Å²) in [6.45, 7) is 0.0570. The van der Waals surface area contributed by atoms with Crippen LogP contribution in [0, 0.1) is 0 Å². The first kappa shape index (κ1) is 20.8. The van der Waals surface area contributed by atoms with Crippen LogP contribution < -0.4 is 16.8 Å². The highest BCUT2D eigenvalue weighted by Gasteiger charge is 2.24. The second kappa shape index (κ2) is 9.96. The number of esters is 1. The summed E-state index contributed by atoms with van der Waals surface area (Å²) < 4.78 is 9.79. The van der Waals surface area contributed by atoms with Gasteiger partial charge in [-0.25, -0.2) is 9.59 Å². The van der Waals surface area contributed by atoms with Gasteiger partial charge >= 0.3 is 12.1 Å². The predicted octanol–water partition coefficient (Wildman–Crippen LogP) is 2.28. The molecular weight excluding hydrogens is 362 g/mol. The molecule has 28 heavy (non-hydrogen) atoms. The first-order valence-electron chi connectivity index (χ1n) is 8.64. The van der Waals surface area contributed by atoms with Crippen molar-refractivity contribution in [3.63, 3.8) is 0 Å². The van der Waals surface area contributed by atoms with Crippen molar-refractivity contribution >= 4 is 29.2 Å². The van der Waals surface area contributed by atoms with Crippen LogP contribution in [0.2, 0.25) is 0 Å². The molecule has 2 rings (SSSR count). The molecule has 0 fully saturated rings. The molecule has 0 bridgehead atoms. The normalized spacial score (nSPS) is 11.3. The molecule has 2 aromatic rings. The summed E-state index contributed by atoms with van der Waals surface area (Å²) in [5.41, 5.74) is 13.3. The summed E-state index contributed by atoms with van der Waals surface area (Å²) in [6.07, 6.45) is -0.763. The molecule has 0 radical (unpaired) electrons. The maximum atomic E-state index is 12.4. The Balaban J connectivity index is 1.92. The fourth-order valence-corrected chi connectivity index (χ4v) is 2.54. The molecule has 0 spiro atoms. The third kappa shape index (κ3) is 6.01. The highest BCUT2D eigenvalue weighted by Crippen LogP contribution is 2.18. The van der Waals surface area contributed by atoms with Gasteiger partial charge in [0.05, 0.1) is 7.11 Å². The number of ketones is 1. The monoisotopic (exact) mass is 385 g/mol.